The Labute approximate surface area is 126 Å². The number of rotatable bonds is 3. The van der Waals surface area contributed by atoms with Gasteiger partial charge in [0.15, 0.2) is 0 Å². The number of hydrogen-bond acceptors (Lipinski definition) is 5. The van der Waals surface area contributed by atoms with Crippen molar-refractivity contribution < 1.29 is 4.79 Å². The number of aromatic amines is 1. The van der Waals surface area contributed by atoms with Crippen molar-refractivity contribution in [1.82, 2.24) is 20.0 Å². The van der Waals surface area contributed by atoms with Gasteiger partial charge in [0.2, 0.25) is 0 Å². The van der Waals surface area contributed by atoms with E-state index in [2.05, 4.69) is 32.6 Å². The molecule has 0 saturated carbocycles. The van der Waals surface area contributed by atoms with Gasteiger partial charge in [0.25, 0.3) is 11.5 Å². The van der Waals surface area contributed by atoms with E-state index in [-0.39, 0.29) is 11.5 Å². The molecule has 0 radical (unpaired) electrons. The fourth-order valence-electron chi connectivity index (χ4n) is 2.36. The van der Waals surface area contributed by atoms with E-state index in [9.17, 15) is 9.59 Å². The summed E-state index contributed by atoms with van der Waals surface area (Å²) >= 11 is 1.76. The van der Waals surface area contributed by atoms with Crippen molar-refractivity contribution in [1.29, 1.82) is 0 Å². The van der Waals surface area contributed by atoms with E-state index in [1.54, 1.807) is 16.2 Å². The second-order valence-corrected chi connectivity index (χ2v) is 5.99. The van der Waals surface area contributed by atoms with E-state index >= 15 is 0 Å². The maximum absolute atomic E-state index is 12.3. The summed E-state index contributed by atoms with van der Waals surface area (Å²) in [6.45, 7) is 4.02. The number of thiophene rings is 1. The molecule has 0 unspecified atom stereocenters. The van der Waals surface area contributed by atoms with Gasteiger partial charge in [-0.1, -0.05) is 6.07 Å². The Bertz CT molecular complexity index is 639. The molecule has 0 aromatic carbocycles. The molecule has 7 heteroatoms. The minimum atomic E-state index is -0.299. The van der Waals surface area contributed by atoms with Gasteiger partial charge in [-0.3, -0.25) is 14.5 Å². The summed E-state index contributed by atoms with van der Waals surface area (Å²) in [6, 6.07) is 6.99. The average molecular weight is 304 g/mol. The lowest BCUT2D eigenvalue weighted by Crippen LogP contribution is -2.48. The van der Waals surface area contributed by atoms with E-state index in [0.29, 0.717) is 18.8 Å². The Hall–Kier alpha value is -1.99. The molecule has 110 valence electrons. The van der Waals surface area contributed by atoms with Gasteiger partial charge in [-0.25, -0.2) is 5.10 Å². The lowest BCUT2D eigenvalue weighted by molar-refractivity contribution is 0.0622. The number of aromatic nitrogens is 2. The third-order valence-electron chi connectivity index (χ3n) is 3.52. The molecule has 0 atom stereocenters. The molecule has 1 amide bonds. The smallest absolute Gasteiger partial charge is 0.274 e. The predicted molar refractivity (Wildman–Crippen MR) is 80.4 cm³/mol. The summed E-state index contributed by atoms with van der Waals surface area (Å²) in [4.78, 5) is 28.7. The molecule has 2 aromatic heterocycles. The lowest BCUT2D eigenvalue weighted by Gasteiger charge is -2.34. The molecule has 0 spiro atoms. The minimum absolute atomic E-state index is 0.123. The van der Waals surface area contributed by atoms with Crippen molar-refractivity contribution in [2.45, 2.75) is 6.54 Å². The van der Waals surface area contributed by atoms with E-state index in [1.165, 1.54) is 17.0 Å². The molecule has 0 bridgehead atoms. The molecule has 1 N–H and O–H groups in total. The molecule has 3 heterocycles. The number of carbonyl (C=O) groups excluding carboxylic acids is 1. The molecule has 21 heavy (non-hydrogen) atoms. The molecule has 1 saturated heterocycles. The monoisotopic (exact) mass is 304 g/mol. The highest BCUT2D eigenvalue weighted by Crippen LogP contribution is 2.14. The van der Waals surface area contributed by atoms with Crippen LogP contribution in [0.4, 0.5) is 0 Å². The summed E-state index contributed by atoms with van der Waals surface area (Å²) in [5.41, 5.74) is -0.00590. The zero-order chi connectivity index (χ0) is 14.7. The first-order valence-electron chi connectivity index (χ1n) is 6.82. The Balaban J connectivity index is 1.56. The maximum Gasteiger partial charge on any atom is 0.274 e. The zero-order valence-corrected chi connectivity index (χ0v) is 12.3. The van der Waals surface area contributed by atoms with Crippen LogP contribution in [0.25, 0.3) is 0 Å². The van der Waals surface area contributed by atoms with Gasteiger partial charge in [-0.05, 0) is 17.5 Å². The van der Waals surface area contributed by atoms with Gasteiger partial charge in [0, 0.05) is 43.7 Å². The summed E-state index contributed by atoms with van der Waals surface area (Å²) in [7, 11) is 0. The standard InChI is InChI=1S/C14H16N4O2S/c19-13-4-3-12(15-16-13)14(20)18-7-5-17(6-8-18)10-11-2-1-9-21-11/h1-4,9H,5-8,10H2,(H,16,19). The lowest BCUT2D eigenvalue weighted by atomic mass is 10.2. The topological polar surface area (TPSA) is 69.3 Å². The van der Waals surface area contributed by atoms with E-state index in [1.807, 2.05) is 0 Å². The van der Waals surface area contributed by atoms with E-state index in [0.717, 1.165) is 19.6 Å². The number of hydrogen-bond donors (Lipinski definition) is 1. The number of piperazine rings is 1. The molecular weight excluding hydrogens is 288 g/mol. The first-order valence-corrected chi connectivity index (χ1v) is 7.70. The number of nitrogens with zero attached hydrogens (tertiary/aromatic N) is 3. The van der Waals surface area contributed by atoms with Crippen molar-refractivity contribution in [3.63, 3.8) is 0 Å². The largest absolute Gasteiger partial charge is 0.335 e. The van der Waals surface area contributed by atoms with Gasteiger partial charge in [0.05, 0.1) is 0 Å². The Morgan fingerprint density at radius 1 is 1.24 bits per heavy atom. The van der Waals surface area contributed by atoms with Gasteiger partial charge < -0.3 is 4.90 Å². The van der Waals surface area contributed by atoms with Crippen molar-refractivity contribution in [3.8, 4) is 0 Å². The fraction of sp³-hybridized carbons (Fsp3) is 0.357. The van der Waals surface area contributed by atoms with Crippen LogP contribution >= 0.6 is 11.3 Å². The summed E-state index contributed by atoms with van der Waals surface area (Å²) in [6.07, 6.45) is 0. The molecular formula is C14H16N4O2S. The highest BCUT2D eigenvalue weighted by atomic mass is 32.1. The van der Waals surface area contributed by atoms with Crippen LogP contribution in [0.15, 0.2) is 34.4 Å². The maximum atomic E-state index is 12.3. The SMILES string of the molecule is O=C(c1ccc(=O)[nH]n1)N1CCN(Cc2cccs2)CC1. The molecule has 6 nitrogen and oxygen atoms in total. The third-order valence-corrected chi connectivity index (χ3v) is 4.38. The second-order valence-electron chi connectivity index (χ2n) is 4.95. The van der Waals surface area contributed by atoms with Crippen LogP contribution in [0.5, 0.6) is 0 Å². The van der Waals surface area contributed by atoms with Gasteiger partial charge >= 0.3 is 0 Å². The van der Waals surface area contributed by atoms with Crippen LogP contribution in [-0.2, 0) is 6.54 Å². The van der Waals surface area contributed by atoms with Gasteiger partial charge in [-0.15, -0.1) is 11.3 Å². The Kier molecular flexibility index (Phi) is 4.12. The first kappa shape index (κ1) is 14.0. The van der Waals surface area contributed by atoms with Crippen molar-refractivity contribution in [2.24, 2.45) is 0 Å². The molecule has 1 fully saturated rings. The minimum Gasteiger partial charge on any atom is -0.335 e. The summed E-state index contributed by atoms with van der Waals surface area (Å²) < 4.78 is 0. The van der Waals surface area contributed by atoms with Gasteiger partial charge in [0.1, 0.15) is 5.69 Å². The number of H-pyrrole nitrogens is 1. The number of carbonyl (C=O) groups is 1. The van der Waals surface area contributed by atoms with Crippen LogP contribution < -0.4 is 5.56 Å². The summed E-state index contributed by atoms with van der Waals surface area (Å²) in [5, 5.41) is 8.17. The number of nitrogens with one attached hydrogen (secondary N) is 1. The highest BCUT2D eigenvalue weighted by Gasteiger charge is 2.23. The molecule has 0 aliphatic carbocycles. The predicted octanol–water partition coefficient (Wildman–Crippen LogP) is 0.789. The van der Waals surface area contributed by atoms with E-state index < -0.39 is 0 Å². The van der Waals surface area contributed by atoms with Crippen LogP contribution in [-0.4, -0.2) is 52.1 Å². The summed E-state index contributed by atoms with van der Waals surface area (Å²) in [5.74, 6) is -0.123. The Morgan fingerprint density at radius 2 is 2.05 bits per heavy atom. The molecule has 2 aromatic rings. The van der Waals surface area contributed by atoms with Crippen LogP contribution in [0.1, 0.15) is 15.4 Å². The second kappa shape index (κ2) is 6.19. The average Bonchev–Trinajstić information content (AvgIpc) is 3.01. The molecule has 1 aliphatic rings. The highest BCUT2D eigenvalue weighted by molar-refractivity contribution is 7.09. The third kappa shape index (κ3) is 3.37. The van der Waals surface area contributed by atoms with Crippen molar-refractivity contribution >= 4 is 17.2 Å². The first-order chi connectivity index (χ1) is 10.2. The quantitative estimate of drug-likeness (QED) is 0.910. The zero-order valence-electron chi connectivity index (χ0n) is 11.5. The fourth-order valence-corrected chi connectivity index (χ4v) is 3.10. The number of amides is 1. The van der Waals surface area contributed by atoms with Crippen LogP contribution in [0.3, 0.4) is 0 Å². The normalized spacial score (nSPS) is 16.1. The van der Waals surface area contributed by atoms with Crippen molar-refractivity contribution in [3.05, 3.63) is 50.6 Å². The van der Waals surface area contributed by atoms with Gasteiger partial charge in [-0.2, -0.15) is 5.10 Å². The van der Waals surface area contributed by atoms with E-state index in [4.69, 9.17) is 0 Å². The Morgan fingerprint density at radius 3 is 2.67 bits per heavy atom. The molecule has 1 aliphatic heterocycles. The van der Waals surface area contributed by atoms with Crippen LogP contribution in [0.2, 0.25) is 0 Å². The van der Waals surface area contributed by atoms with Crippen LogP contribution in [0, 0.1) is 0 Å². The molecule has 3 rings (SSSR count). The van der Waals surface area contributed by atoms with Crippen molar-refractivity contribution in [2.75, 3.05) is 26.2 Å².